The summed E-state index contributed by atoms with van der Waals surface area (Å²) in [6, 6.07) is 17.7. The van der Waals surface area contributed by atoms with E-state index in [2.05, 4.69) is 4.99 Å². The Bertz CT molecular complexity index is 855. The maximum atomic E-state index is 12.6. The Morgan fingerprint density at radius 3 is 2.44 bits per heavy atom. The van der Waals surface area contributed by atoms with Crippen LogP contribution in [0.4, 0.5) is 0 Å². The minimum atomic E-state index is -0.470. The van der Waals surface area contributed by atoms with Crippen molar-refractivity contribution in [2.75, 3.05) is 7.11 Å². The van der Waals surface area contributed by atoms with Gasteiger partial charge in [0, 0.05) is 22.3 Å². The van der Waals surface area contributed by atoms with Gasteiger partial charge in [-0.3, -0.25) is 9.79 Å². The van der Waals surface area contributed by atoms with Crippen LogP contribution in [0.15, 0.2) is 65.3 Å². The Morgan fingerprint density at radius 2 is 1.80 bits per heavy atom. The molecule has 0 fully saturated rings. The third-order valence-electron chi connectivity index (χ3n) is 4.58. The van der Waals surface area contributed by atoms with Crippen LogP contribution in [-0.4, -0.2) is 18.8 Å². The monoisotopic (exact) mass is 353 g/mol. The number of halogens is 1. The molecule has 3 nitrogen and oxygen atoms in total. The number of benzene rings is 2. The van der Waals surface area contributed by atoms with Gasteiger partial charge in [0.1, 0.15) is 5.92 Å². The number of allylic oxidation sites excluding steroid dienone is 2. The van der Waals surface area contributed by atoms with Crippen molar-refractivity contribution in [3.8, 4) is 0 Å². The van der Waals surface area contributed by atoms with E-state index in [4.69, 9.17) is 16.3 Å². The molecule has 0 bridgehead atoms. The van der Waals surface area contributed by atoms with Crippen LogP contribution in [0.3, 0.4) is 0 Å². The molecule has 0 aromatic heterocycles. The van der Waals surface area contributed by atoms with Crippen LogP contribution in [0.2, 0.25) is 5.02 Å². The molecule has 0 radical (unpaired) electrons. The van der Waals surface area contributed by atoms with Crippen molar-refractivity contribution in [3.63, 3.8) is 0 Å². The lowest BCUT2D eigenvalue weighted by atomic mass is 9.73. The smallest absolute Gasteiger partial charge is 0.315 e. The fraction of sp³-hybridized carbons (Fsp3) is 0.238. The molecule has 2 aromatic rings. The van der Waals surface area contributed by atoms with Gasteiger partial charge in [-0.1, -0.05) is 54.1 Å². The summed E-state index contributed by atoms with van der Waals surface area (Å²) in [5, 5.41) is 0.645. The van der Waals surface area contributed by atoms with E-state index in [1.165, 1.54) is 7.11 Å². The highest BCUT2D eigenvalue weighted by atomic mass is 35.5. The quantitative estimate of drug-likeness (QED) is 0.718. The second-order valence-electron chi connectivity index (χ2n) is 6.15. The summed E-state index contributed by atoms with van der Waals surface area (Å²) in [5.74, 6) is -0.944. The van der Waals surface area contributed by atoms with E-state index >= 15 is 0 Å². The summed E-state index contributed by atoms with van der Waals surface area (Å²) in [7, 11) is 1.41. The molecule has 25 heavy (non-hydrogen) atoms. The molecule has 1 aliphatic rings. The van der Waals surface area contributed by atoms with Gasteiger partial charge in [0.15, 0.2) is 0 Å². The predicted molar refractivity (Wildman–Crippen MR) is 102 cm³/mol. The molecule has 0 saturated carbocycles. The first-order chi connectivity index (χ1) is 12.0. The molecule has 1 aliphatic heterocycles. The number of methoxy groups -OCH3 is 1. The second-order valence-corrected chi connectivity index (χ2v) is 6.59. The summed E-state index contributed by atoms with van der Waals surface area (Å²) in [6.07, 6.45) is 0. The summed E-state index contributed by atoms with van der Waals surface area (Å²) in [6.45, 7) is 3.86. The lowest BCUT2D eigenvalue weighted by molar-refractivity contribution is -0.143. The van der Waals surface area contributed by atoms with E-state index in [1.54, 1.807) is 0 Å². The molecule has 2 atom stereocenters. The highest BCUT2D eigenvalue weighted by molar-refractivity contribution is 6.30. The molecular weight excluding hydrogens is 334 g/mol. The number of hydrogen-bond donors (Lipinski definition) is 0. The van der Waals surface area contributed by atoms with Crippen LogP contribution in [-0.2, 0) is 9.53 Å². The van der Waals surface area contributed by atoms with Crippen LogP contribution in [0.5, 0.6) is 0 Å². The lowest BCUT2D eigenvalue weighted by Crippen LogP contribution is -2.33. The molecule has 0 N–H and O–H groups in total. The minimum absolute atomic E-state index is 0.189. The maximum Gasteiger partial charge on any atom is 0.315 e. The zero-order valence-electron chi connectivity index (χ0n) is 14.5. The summed E-state index contributed by atoms with van der Waals surface area (Å²) < 4.78 is 5.09. The fourth-order valence-electron chi connectivity index (χ4n) is 3.53. The highest BCUT2D eigenvalue weighted by Gasteiger charge is 2.39. The first-order valence-electron chi connectivity index (χ1n) is 8.17. The topological polar surface area (TPSA) is 38.7 Å². The Kier molecular flexibility index (Phi) is 5.05. The highest BCUT2D eigenvalue weighted by Crippen LogP contribution is 2.44. The number of carbonyl (C=O) groups excluding carboxylic acids is 1. The average Bonchev–Trinajstić information content (AvgIpc) is 2.61. The van der Waals surface area contributed by atoms with Crippen molar-refractivity contribution in [1.82, 2.24) is 0 Å². The van der Waals surface area contributed by atoms with Crippen molar-refractivity contribution in [1.29, 1.82) is 0 Å². The Morgan fingerprint density at radius 1 is 1.08 bits per heavy atom. The van der Waals surface area contributed by atoms with E-state index in [0.717, 1.165) is 28.1 Å². The minimum Gasteiger partial charge on any atom is -0.468 e. The molecule has 0 saturated heterocycles. The number of hydrogen-bond acceptors (Lipinski definition) is 3. The van der Waals surface area contributed by atoms with Crippen molar-refractivity contribution in [3.05, 3.63) is 76.4 Å². The summed E-state index contributed by atoms with van der Waals surface area (Å²) in [5.41, 5.74) is 4.73. The van der Waals surface area contributed by atoms with Gasteiger partial charge in [0.25, 0.3) is 0 Å². The van der Waals surface area contributed by atoms with Gasteiger partial charge in [-0.2, -0.15) is 0 Å². The van der Waals surface area contributed by atoms with Crippen molar-refractivity contribution in [2.45, 2.75) is 19.8 Å². The number of esters is 1. The van der Waals surface area contributed by atoms with Crippen molar-refractivity contribution >= 4 is 28.9 Å². The molecule has 4 heteroatoms. The Labute approximate surface area is 153 Å². The van der Waals surface area contributed by atoms with Gasteiger partial charge in [-0.15, -0.1) is 0 Å². The number of rotatable bonds is 3. The summed E-state index contributed by atoms with van der Waals surface area (Å²) >= 11 is 6.23. The molecule has 0 amide bonds. The SMILES string of the molecule is COC(=O)C1C(C)=NC(C)=C(c2ccccc2)C1c1cccc(Cl)c1. The molecule has 2 unspecified atom stereocenters. The number of carbonyl (C=O) groups is 1. The maximum absolute atomic E-state index is 12.6. The number of aliphatic imine (C=N–C) groups is 1. The van der Waals surface area contributed by atoms with Gasteiger partial charge in [-0.25, -0.2) is 0 Å². The van der Waals surface area contributed by atoms with Crippen LogP contribution in [0.25, 0.3) is 5.57 Å². The standard InChI is InChI=1S/C21H20ClNO2/c1-13-18(15-8-5-4-6-9-15)20(16-10-7-11-17(22)12-16)19(14(2)23-13)21(24)25-3/h4-12,19-20H,1-3H3. The van der Waals surface area contributed by atoms with Gasteiger partial charge in [0.2, 0.25) is 0 Å². The summed E-state index contributed by atoms with van der Waals surface area (Å²) in [4.78, 5) is 17.2. The molecule has 0 aliphatic carbocycles. The largest absolute Gasteiger partial charge is 0.468 e. The number of ether oxygens (including phenoxy) is 1. The van der Waals surface area contributed by atoms with Gasteiger partial charge < -0.3 is 4.74 Å². The normalized spacial score (nSPS) is 20.2. The first-order valence-corrected chi connectivity index (χ1v) is 8.55. The van der Waals surface area contributed by atoms with Crippen LogP contribution in [0, 0.1) is 5.92 Å². The Hall–Kier alpha value is -2.39. The van der Waals surface area contributed by atoms with E-state index in [0.29, 0.717) is 5.02 Å². The van der Waals surface area contributed by atoms with Crippen molar-refractivity contribution < 1.29 is 9.53 Å². The third kappa shape index (κ3) is 3.38. The lowest BCUT2D eigenvalue weighted by Gasteiger charge is -2.32. The van der Waals surface area contributed by atoms with Gasteiger partial charge in [0.05, 0.1) is 7.11 Å². The molecule has 128 valence electrons. The zero-order valence-corrected chi connectivity index (χ0v) is 15.2. The molecule has 0 spiro atoms. The average molecular weight is 354 g/mol. The first kappa shape index (κ1) is 17.4. The molecular formula is C21H20ClNO2. The fourth-order valence-corrected chi connectivity index (χ4v) is 3.72. The predicted octanol–water partition coefficient (Wildman–Crippen LogP) is 5.12. The van der Waals surface area contributed by atoms with Crippen molar-refractivity contribution in [2.24, 2.45) is 10.9 Å². The number of nitrogens with zero attached hydrogens (tertiary/aromatic N) is 1. The van der Waals surface area contributed by atoms with Crippen LogP contribution < -0.4 is 0 Å². The third-order valence-corrected chi connectivity index (χ3v) is 4.81. The van der Waals surface area contributed by atoms with Gasteiger partial charge >= 0.3 is 5.97 Å². The van der Waals surface area contributed by atoms with Crippen LogP contribution in [0.1, 0.15) is 30.9 Å². The van der Waals surface area contributed by atoms with Gasteiger partial charge in [-0.05, 0) is 42.7 Å². The molecule has 3 rings (SSSR count). The molecule has 2 aromatic carbocycles. The van der Waals surface area contributed by atoms with E-state index < -0.39 is 5.92 Å². The zero-order chi connectivity index (χ0) is 18.0. The Balaban J connectivity index is 2.24. The van der Waals surface area contributed by atoms with E-state index in [9.17, 15) is 4.79 Å². The second kappa shape index (κ2) is 7.24. The van der Waals surface area contributed by atoms with E-state index in [-0.39, 0.29) is 11.9 Å². The molecule has 1 heterocycles. The van der Waals surface area contributed by atoms with Crippen LogP contribution >= 0.6 is 11.6 Å². The van der Waals surface area contributed by atoms with E-state index in [1.807, 2.05) is 68.4 Å².